The average Bonchev–Trinajstić information content (AvgIpc) is 3.46. The molecular weight excluding hydrogens is 380 g/mol. The number of piperidine rings is 1. The maximum atomic E-state index is 14.0. The van der Waals surface area contributed by atoms with E-state index >= 15 is 0 Å². The normalized spacial score (nSPS) is 25.0. The van der Waals surface area contributed by atoms with Crippen LogP contribution in [0.1, 0.15) is 30.9 Å². The van der Waals surface area contributed by atoms with E-state index in [1.54, 1.807) is 0 Å². The number of carbonyl (C=O) groups excluding carboxylic acids is 1. The van der Waals surface area contributed by atoms with Crippen LogP contribution in [-0.2, 0) is 10.2 Å². The van der Waals surface area contributed by atoms with Crippen molar-refractivity contribution in [3.8, 4) is 17.2 Å². The lowest BCUT2D eigenvalue weighted by molar-refractivity contribution is -0.122. The van der Waals surface area contributed by atoms with Crippen LogP contribution in [0.5, 0.6) is 17.2 Å². The maximum Gasteiger partial charge on any atom is 0.245 e. The van der Waals surface area contributed by atoms with E-state index in [9.17, 15) is 4.79 Å². The van der Waals surface area contributed by atoms with Crippen LogP contribution < -0.4 is 19.1 Å². The molecule has 2 aromatic carbocycles. The molecule has 0 aromatic heterocycles. The van der Waals surface area contributed by atoms with Crippen molar-refractivity contribution in [1.82, 2.24) is 4.90 Å². The number of rotatable bonds is 3. The highest BCUT2D eigenvalue weighted by molar-refractivity contribution is 6.11. The zero-order valence-electron chi connectivity index (χ0n) is 17.2. The number of anilines is 1. The van der Waals surface area contributed by atoms with Crippen molar-refractivity contribution in [2.75, 3.05) is 44.5 Å². The summed E-state index contributed by atoms with van der Waals surface area (Å²) in [5.41, 5.74) is 2.16. The van der Waals surface area contributed by atoms with Crippen LogP contribution in [-0.4, -0.2) is 50.4 Å². The van der Waals surface area contributed by atoms with Crippen LogP contribution in [0.4, 0.5) is 5.69 Å². The molecule has 1 amide bonds. The van der Waals surface area contributed by atoms with Gasteiger partial charge in [0.2, 0.25) is 12.7 Å². The fourth-order valence-corrected chi connectivity index (χ4v) is 5.49. The highest BCUT2D eigenvalue weighted by Gasteiger charge is 2.57. The Balaban J connectivity index is 1.38. The predicted octanol–water partition coefficient (Wildman–Crippen LogP) is 3.17. The molecule has 6 nitrogen and oxygen atoms in total. The summed E-state index contributed by atoms with van der Waals surface area (Å²) in [4.78, 5) is 18.5. The van der Waals surface area contributed by atoms with Gasteiger partial charge in [0.1, 0.15) is 17.8 Å². The number of para-hydroxylation sites is 1. The van der Waals surface area contributed by atoms with Crippen molar-refractivity contribution >= 4 is 11.6 Å². The van der Waals surface area contributed by atoms with Gasteiger partial charge in [-0.15, -0.1) is 0 Å². The van der Waals surface area contributed by atoms with Gasteiger partial charge in [-0.1, -0.05) is 25.1 Å². The minimum atomic E-state index is -0.795. The summed E-state index contributed by atoms with van der Waals surface area (Å²) < 4.78 is 17.2. The second-order valence-corrected chi connectivity index (χ2v) is 8.71. The second-order valence-electron chi connectivity index (χ2n) is 8.71. The molecule has 1 spiro atoms. The van der Waals surface area contributed by atoms with Gasteiger partial charge in [0, 0.05) is 23.9 Å². The van der Waals surface area contributed by atoms with Crippen molar-refractivity contribution in [1.29, 1.82) is 0 Å². The van der Waals surface area contributed by atoms with Gasteiger partial charge in [-0.05, 0) is 56.1 Å². The highest BCUT2D eigenvalue weighted by atomic mass is 16.7. The SMILES string of the molecule is CCN1CCC(CN2C(=O)C3(COc4cc5c(cc43)OCO5)c3ccccc32)CC1. The molecule has 1 unspecified atom stereocenters. The number of fused-ring (bicyclic) bond motifs is 5. The molecule has 6 rings (SSSR count). The molecule has 4 aliphatic rings. The third-order valence-electron chi connectivity index (χ3n) is 7.24. The van der Waals surface area contributed by atoms with E-state index in [1.165, 1.54) is 0 Å². The van der Waals surface area contributed by atoms with E-state index in [4.69, 9.17) is 14.2 Å². The van der Waals surface area contributed by atoms with Gasteiger partial charge >= 0.3 is 0 Å². The van der Waals surface area contributed by atoms with Gasteiger partial charge in [0.15, 0.2) is 11.5 Å². The van der Waals surface area contributed by atoms with Gasteiger partial charge in [0.25, 0.3) is 0 Å². The predicted molar refractivity (Wildman–Crippen MR) is 112 cm³/mol. The van der Waals surface area contributed by atoms with Gasteiger partial charge in [-0.3, -0.25) is 4.79 Å². The molecule has 4 aliphatic heterocycles. The summed E-state index contributed by atoms with van der Waals surface area (Å²) >= 11 is 0. The molecule has 156 valence electrons. The van der Waals surface area contributed by atoms with Gasteiger partial charge < -0.3 is 24.0 Å². The summed E-state index contributed by atoms with van der Waals surface area (Å²) in [6.45, 7) is 6.86. The van der Waals surface area contributed by atoms with E-state index in [1.807, 2.05) is 29.2 Å². The molecule has 0 N–H and O–H groups in total. The van der Waals surface area contributed by atoms with Crippen molar-refractivity contribution < 1.29 is 19.0 Å². The monoisotopic (exact) mass is 406 g/mol. The first-order chi connectivity index (χ1) is 14.7. The summed E-state index contributed by atoms with van der Waals surface area (Å²) in [6, 6.07) is 12.0. The Morgan fingerprint density at radius 1 is 1.00 bits per heavy atom. The van der Waals surface area contributed by atoms with Crippen LogP contribution in [0.3, 0.4) is 0 Å². The Labute approximate surface area is 176 Å². The summed E-state index contributed by atoms with van der Waals surface area (Å²) in [7, 11) is 0. The molecule has 0 bridgehead atoms. The standard InChI is InChI=1S/C24H26N2O4/c1-2-25-9-7-16(8-10-25)13-26-19-6-4-3-5-17(19)24(23(26)27)14-28-20-12-22-21(11-18(20)24)29-15-30-22/h3-6,11-12,16H,2,7-10,13-15H2,1H3. The number of ether oxygens (including phenoxy) is 3. The molecule has 4 heterocycles. The molecule has 0 saturated carbocycles. The number of hydrogen-bond donors (Lipinski definition) is 0. The molecular formula is C24H26N2O4. The Bertz CT molecular complexity index is 1010. The van der Waals surface area contributed by atoms with Crippen LogP contribution in [0.15, 0.2) is 36.4 Å². The van der Waals surface area contributed by atoms with E-state index in [-0.39, 0.29) is 12.7 Å². The van der Waals surface area contributed by atoms with E-state index in [0.717, 1.165) is 61.6 Å². The zero-order chi connectivity index (χ0) is 20.3. The fourth-order valence-electron chi connectivity index (χ4n) is 5.49. The Hall–Kier alpha value is -2.73. The summed E-state index contributed by atoms with van der Waals surface area (Å²) in [5, 5.41) is 0. The molecule has 30 heavy (non-hydrogen) atoms. The first kappa shape index (κ1) is 18.1. The zero-order valence-corrected chi connectivity index (χ0v) is 17.2. The van der Waals surface area contributed by atoms with Gasteiger partial charge in [-0.25, -0.2) is 0 Å². The minimum absolute atomic E-state index is 0.124. The maximum absolute atomic E-state index is 14.0. The molecule has 6 heteroatoms. The van der Waals surface area contributed by atoms with Crippen LogP contribution in [0, 0.1) is 5.92 Å². The molecule has 2 aromatic rings. The van der Waals surface area contributed by atoms with Crippen molar-refractivity contribution in [2.45, 2.75) is 25.2 Å². The number of hydrogen-bond acceptors (Lipinski definition) is 5. The summed E-state index contributed by atoms with van der Waals surface area (Å²) in [6.07, 6.45) is 2.27. The Morgan fingerprint density at radius 2 is 1.77 bits per heavy atom. The Morgan fingerprint density at radius 3 is 2.57 bits per heavy atom. The number of carbonyl (C=O) groups is 1. The number of amides is 1. The number of likely N-dealkylation sites (tertiary alicyclic amines) is 1. The fraction of sp³-hybridized carbons (Fsp3) is 0.458. The Kier molecular flexibility index (Phi) is 4.00. The second kappa shape index (κ2) is 6.64. The molecule has 0 aliphatic carbocycles. The first-order valence-corrected chi connectivity index (χ1v) is 10.9. The lowest BCUT2D eigenvalue weighted by atomic mass is 9.77. The molecule has 0 radical (unpaired) electrons. The van der Waals surface area contributed by atoms with Crippen LogP contribution in [0.25, 0.3) is 0 Å². The van der Waals surface area contributed by atoms with Crippen molar-refractivity contribution in [3.05, 3.63) is 47.5 Å². The topological polar surface area (TPSA) is 51.2 Å². The average molecular weight is 406 g/mol. The third kappa shape index (κ3) is 2.43. The van der Waals surface area contributed by atoms with E-state index in [0.29, 0.717) is 24.0 Å². The largest absolute Gasteiger partial charge is 0.491 e. The molecule has 1 fully saturated rings. The van der Waals surface area contributed by atoms with Crippen molar-refractivity contribution in [2.24, 2.45) is 5.92 Å². The smallest absolute Gasteiger partial charge is 0.245 e. The number of benzene rings is 2. The summed E-state index contributed by atoms with van der Waals surface area (Å²) in [5.74, 6) is 2.75. The lowest BCUT2D eigenvalue weighted by Crippen LogP contribution is -2.45. The van der Waals surface area contributed by atoms with Crippen LogP contribution >= 0.6 is 0 Å². The molecule has 1 atom stereocenters. The molecule has 1 saturated heterocycles. The minimum Gasteiger partial charge on any atom is -0.491 e. The first-order valence-electron chi connectivity index (χ1n) is 10.9. The highest BCUT2D eigenvalue weighted by Crippen LogP contribution is 2.55. The van der Waals surface area contributed by atoms with Gasteiger partial charge in [-0.2, -0.15) is 0 Å². The quantitative estimate of drug-likeness (QED) is 0.784. The lowest BCUT2D eigenvalue weighted by Gasteiger charge is -2.33. The van der Waals surface area contributed by atoms with Gasteiger partial charge in [0.05, 0.1) is 0 Å². The van der Waals surface area contributed by atoms with Crippen LogP contribution in [0.2, 0.25) is 0 Å². The van der Waals surface area contributed by atoms with Crippen molar-refractivity contribution in [3.63, 3.8) is 0 Å². The third-order valence-corrected chi connectivity index (χ3v) is 7.24. The van der Waals surface area contributed by atoms with E-state index < -0.39 is 5.41 Å². The number of nitrogens with zero attached hydrogens (tertiary/aromatic N) is 2. The van der Waals surface area contributed by atoms with E-state index in [2.05, 4.69) is 24.0 Å².